The summed E-state index contributed by atoms with van der Waals surface area (Å²) in [6.45, 7) is 0. The third-order valence-corrected chi connectivity index (χ3v) is 0.869. The van der Waals surface area contributed by atoms with Crippen LogP contribution < -0.4 is 0 Å². The van der Waals surface area contributed by atoms with Crippen LogP contribution in [0.1, 0.15) is 0 Å². The van der Waals surface area contributed by atoms with Gasteiger partial charge in [0.2, 0.25) is 0 Å². The first kappa shape index (κ1) is 6.95. The molecule has 0 N–H and O–H groups in total. The van der Waals surface area contributed by atoms with Crippen molar-refractivity contribution in [3.8, 4) is 0 Å². The van der Waals surface area contributed by atoms with Crippen LogP contribution in [0.3, 0.4) is 0 Å². The second-order valence-corrected chi connectivity index (χ2v) is 1.43. The summed E-state index contributed by atoms with van der Waals surface area (Å²) in [5, 5.41) is 1.93. The molecule has 0 saturated heterocycles. The number of hydrogen-bond acceptors (Lipinski definition) is 2. The monoisotopic (exact) mass is 243 g/mol. The van der Waals surface area contributed by atoms with Crippen LogP contribution in [0.25, 0.3) is 0 Å². The van der Waals surface area contributed by atoms with Crippen LogP contribution in [0.4, 0.5) is 0 Å². The molecule has 1 heterocycles. The van der Waals surface area contributed by atoms with Crippen molar-refractivity contribution in [1.82, 2.24) is 4.98 Å². The molecule has 0 radical (unpaired) electrons. The Morgan fingerprint density at radius 3 is 2.50 bits per heavy atom. The maximum atomic E-state index is 3.74. The first-order chi connectivity index (χ1) is 2.50. The van der Waals surface area contributed by atoms with E-state index in [2.05, 4.69) is 4.98 Å². The molecule has 0 spiro atoms. The van der Waals surface area contributed by atoms with Gasteiger partial charge in [-0.05, 0) is 0 Å². The maximum absolute atomic E-state index is 3.74. The second kappa shape index (κ2) is 4.12. The summed E-state index contributed by atoms with van der Waals surface area (Å²) in [6.07, 6.45) is 1.77. The molecule has 1 aromatic rings. The van der Waals surface area contributed by atoms with E-state index in [9.17, 15) is 0 Å². The van der Waals surface area contributed by atoms with Crippen LogP contribution in [-0.4, -0.2) is 4.98 Å². The predicted octanol–water partition coefficient (Wildman–Crippen LogP) is 1.14. The van der Waals surface area contributed by atoms with Gasteiger partial charge in [-0.15, -0.1) is 11.3 Å². The van der Waals surface area contributed by atoms with Crippen molar-refractivity contribution in [2.24, 2.45) is 0 Å². The zero-order valence-electron chi connectivity index (χ0n) is 2.94. The van der Waals surface area contributed by atoms with Crippen molar-refractivity contribution in [3.05, 3.63) is 17.1 Å². The summed E-state index contributed by atoms with van der Waals surface area (Å²) in [5.74, 6) is 0. The van der Waals surface area contributed by atoms with E-state index in [1.807, 2.05) is 5.38 Å². The summed E-state index contributed by atoms with van der Waals surface area (Å²) in [6, 6.07) is 0. The number of rotatable bonds is 0. The number of nitrogens with zero attached hydrogens (tertiary/aromatic N) is 1. The molecule has 0 aromatic carbocycles. The van der Waals surface area contributed by atoms with Gasteiger partial charge < -0.3 is 0 Å². The molecule has 6 heavy (non-hydrogen) atoms. The molecule has 0 bridgehead atoms. The van der Waals surface area contributed by atoms with Gasteiger partial charge in [0.1, 0.15) is 0 Å². The molecular weight excluding hydrogens is 239 g/mol. The minimum Gasteiger partial charge on any atom is -0.253 e. The van der Waals surface area contributed by atoms with E-state index in [4.69, 9.17) is 0 Å². The van der Waals surface area contributed by atoms with Crippen LogP contribution in [0.5, 0.6) is 0 Å². The van der Waals surface area contributed by atoms with E-state index in [-0.39, 0.29) is 39.9 Å². The van der Waals surface area contributed by atoms with E-state index in [1.54, 1.807) is 23.0 Å². The summed E-state index contributed by atoms with van der Waals surface area (Å²) in [7, 11) is 0. The van der Waals surface area contributed by atoms with Crippen LogP contribution in [0, 0.1) is 39.9 Å². The Balaban J connectivity index is 0.000000250. The smallest absolute Gasteiger partial charge is 0.0791 e. The molecule has 0 fully saturated rings. The molecule has 0 amide bonds. The molecule has 1 nitrogen and oxygen atoms in total. The fourth-order valence-corrected chi connectivity index (χ4v) is 0.527. The van der Waals surface area contributed by atoms with Gasteiger partial charge in [0, 0.05) is 51.5 Å². The largest absolute Gasteiger partial charge is 0.253 e. The maximum Gasteiger partial charge on any atom is 0.0791 e. The van der Waals surface area contributed by atoms with Crippen molar-refractivity contribution in [1.29, 1.82) is 0 Å². The van der Waals surface area contributed by atoms with Gasteiger partial charge in [0.15, 0.2) is 0 Å². The van der Waals surface area contributed by atoms with Crippen molar-refractivity contribution >= 4 is 11.3 Å². The molecule has 0 atom stereocenters. The van der Waals surface area contributed by atoms with E-state index < -0.39 is 0 Å². The third-order valence-electron chi connectivity index (χ3n) is 0.347. The Kier molecular flexibility index (Phi) is 4.78. The van der Waals surface area contributed by atoms with Gasteiger partial charge in [-0.2, -0.15) is 0 Å². The van der Waals surface area contributed by atoms with Crippen molar-refractivity contribution in [2.75, 3.05) is 0 Å². The number of thiazole rings is 1. The zero-order chi connectivity index (χ0) is 3.54. The summed E-state index contributed by atoms with van der Waals surface area (Å²) in [4.78, 5) is 3.74. The zero-order valence-corrected chi connectivity index (χ0v) is 6.03. The Labute approximate surface area is 72.5 Å². The second-order valence-electron chi connectivity index (χ2n) is 0.676. The first-order valence-electron chi connectivity index (χ1n) is 1.32. The van der Waals surface area contributed by atoms with E-state index in [0.717, 1.165) is 0 Å². The van der Waals surface area contributed by atoms with Crippen LogP contribution >= 0.6 is 11.3 Å². The molecule has 0 aliphatic rings. The van der Waals surface area contributed by atoms with Gasteiger partial charge in [-0.1, -0.05) is 0 Å². The van der Waals surface area contributed by atoms with Crippen molar-refractivity contribution < 1.29 is 39.9 Å². The minimum absolute atomic E-state index is 0. The van der Waals surface area contributed by atoms with Gasteiger partial charge in [-0.3, -0.25) is 4.98 Å². The van der Waals surface area contributed by atoms with Crippen LogP contribution in [-0.2, 0) is 0 Å². The van der Waals surface area contributed by atoms with Crippen molar-refractivity contribution in [3.63, 3.8) is 0 Å². The van der Waals surface area contributed by atoms with E-state index in [0.29, 0.717) is 0 Å². The molecular formula is C3H3GdNS. The van der Waals surface area contributed by atoms with Crippen molar-refractivity contribution in [2.45, 2.75) is 0 Å². The average molecular weight is 242 g/mol. The topological polar surface area (TPSA) is 12.9 Å². The van der Waals surface area contributed by atoms with Gasteiger partial charge in [-0.25, -0.2) is 0 Å². The third kappa shape index (κ3) is 2.19. The summed E-state index contributed by atoms with van der Waals surface area (Å²) in [5.41, 5.74) is 1.79. The Hall–Kier alpha value is 0.955. The van der Waals surface area contributed by atoms with Crippen LogP contribution in [0.2, 0.25) is 0 Å². The molecule has 0 aliphatic carbocycles. The standard InChI is InChI=1S/C3H3NS.Gd/c1-2-5-3-4-1;/h1-3H;. The minimum atomic E-state index is 0. The molecule has 34 valence electrons. The van der Waals surface area contributed by atoms with Crippen LogP contribution in [0.15, 0.2) is 17.1 Å². The predicted molar refractivity (Wildman–Crippen MR) is 22.1 cm³/mol. The number of hydrogen-bond donors (Lipinski definition) is 0. The quantitative estimate of drug-likeness (QED) is 0.665. The normalized spacial score (nSPS) is 6.67. The molecule has 1 rings (SSSR count). The summed E-state index contributed by atoms with van der Waals surface area (Å²) >= 11 is 1.60. The van der Waals surface area contributed by atoms with Gasteiger partial charge in [0.05, 0.1) is 5.51 Å². The fraction of sp³-hybridized carbons (Fsp3) is 0. The Morgan fingerprint density at radius 1 is 1.50 bits per heavy atom. The molecule has 3 heteroatoms. The number of aromatic nitrogens is 1. The molecule has 0 aliphatic heterocycles. The SMILES string of the molecule is [Gd].c1cscn1. The fourth-order valence-electron chi connectivity index (χ4n) is 0.176. The Morgan fingerprint density at radius 2 is 2.33 bits per heavy atom. The first-order valence-corrected chi connectivity index (χ1v) is 2.26. The van der Waals surface area contributed by atoms with E-state index in [1.165, 1.54) is 0 Å². The summed E-state index contributed by atoms with van der Waals surface area (Å²) < 4.78 is 0. The van der Waals surface area contributed by atoms with Gasteiger partial charge >= 0.3 is 0 Å². The average Bonchev–Trinajstić information content (AvgIpc) is 1.76. The Bertz CT molecular complexity index is 67.3. The van der Waals surface area contributed by atoms with Gasteiger partial charge in [0.25, 0.3) is 0 Å². The molecule has 1 aromatic heterocycles. The molecule has 0 saturated carbocycles. The molecule has 0 unspecified atom stereocenters. The van der Waals surface area contributed by atoms with E-state index >= 15 is 0 Å².